The molecule has 0 radical (unpaired) electrons. The zero-order valence-corrected chi connectivity index (χ0v) is 8.10. The van der Waals surface area contributed by atoms with Gasteiger partial charge in [-0.3, -0.25) is 0 Å². The SMILES string of the molecule is C#CCCC(CCOCC)NC. The number of ether oxygens (including phenoxy) is 1. The number of hydrogen-bond acceptors (Lipinski definition) is 2. The molecule has 0 saturated heterocycles. The van der Waals surface area contributed by atoms with Gasteiger partial charge in [-0.05, 0) is 26.8 Å². The van der Waals surface area contributed by atoms with Gasteiger partial charge in [0.2, 0.25) is 0 Å². The number of nitrogens with one attached hydrogen (secondary N) is 1. The van der Waals surface area contributed by atoms with Crippen LogP contribution >= 0.6 is 0 Å². The Morgan fingerprint density at radius 3 is 2.75 bits per heavy atom. The first-order valence-corrected chi connectivity index (χ1v) is 4.53. The van der Waals surface area contributed by atoms with Crippen molar-refractivity contribution in [2.45, 2.75) is 32.2 Å². The zero-order valence-electron chi connectivity index (χ0n) is 8.10. The minimum atomic E-state index is 0.507. The average molecular weight is 169 g/mol. The largest absolute Gasteiger partial charge is 0.382 e. The van der Waals surface area contributed by atoms with Crippen LogP contribution in [0, 0.1) is 12.3 Å². The molecule has 0 aliphatic rings. The summed E-state index contributed by atoms with van der Waals surface area (Å²) in [4.78, 5) is 0. The summed E-state index contributed by atoms with van der Waals surface area (Å²) in [5.41, 5.74) is 0. The molecule has 0 fully saturated rings. The third kappa shape index (κ3) is 6.21. The predicted octanol–water partition coefficient (Wildman–Crippen LogP) is 1.41. The normalized spacial score (nSPS) is 12.4. The molecule has 1 N–H and O–H groups in total. The molecule has 0 aromatic rings. The Kier molecular flexibility index (Phi) is 8.20. The van der Waals surface area contributed by atoms with Gasteiger partial charge in [0.05, 0.1) is 0 Å². The maximum atomic E-state index is 5.25. The van der Waals surface area contributed by atoms with E-state index in [0.717, 1.165) is 32.5 Å². The highest BCUT2D eigenvalue weighted by molar-refractivity contribution is 4.85. The van der Waals surface area contributed by atoms with Gasteiger partial charge in [-0.15, -0.1) is 12.3 Å². The summed E-state index contributed by atoms with van der Waals surface area (Å²) in [6.45, 7) is 3.63. The van der Waals surface area contributed by atoms with Gasteiger partial charge in [0, 0.05) is 25.7 Å². The number of hydrogen-bond donors (Lipinski definition) is 1. The molecule has 1 unspecified atom stereocenters. The van der Waals surface area contributed by atoms with Crippen molar-refractivity contribution in [1.82, 2.24) is 5.32 Å². The molecule has 0 heterocycles. The van der Waals surface area contributed by atoms with Crippen molar-refractivity contribution in [3.63, 3.8) is 0 Å². The highest BCUT2D eigenvalue weighted by Gasteiger charge is 2.03. The lowest BCUT2D eigenvalue weighted by Crippen LogP contribution is -2.26. The lowest BCUT2D eigenvalue weighted by molar-refractivity contribution is 0.136. The lowest BCUT2D eigenvalue weighted by Gasteiger charge is -2.13. The predicted molar refractivity (Wildman–Crippen MR) is 52.0 cm³/mol. The molecule has 0 amide bonds. The second-order valence-corrected chi connectivity index (χ2v) is 2.71. The first-order chi connectivity index (χ1) is 5.85. The van der Waals surface area contributed by atoms with Crippen LogP contribution in [0.25, 0.3) is 0 Å². The van der Waals surface area contributed by atoms with Gasteiger partial charge in [0.15, 0.2) is 0 Å². The van der Waals surface area contributed by atoms with E-state index in [4.69, 9.17) is 11.2 Å². The molecule has 0 aromatic carbocycles. The Balaban J connectivity index is 3.34. The zero-order chi connectivity index (χ0) is 9.23. The molecule has 0 spiro atoms. The van der Waals surface area contributed by atoms with Crippen LogP contribution < -0.4 is 5.32 Å². The molecule has 0 aliphatic heterocycles. The number of rotatable bonds is 7. The highest BCUT2D eigenvalue weighted by Crippen LogP contribution is 2.00. The highest BCUT2D eigenvalue weighted by atomic mass is 16.5. The Morgan fingerprint density at radius 1 is 1.50 bits per heavy atom. The van der Waals surface area contributed by atoms with E-state index in [0.29, 0.717) is 6.04 Å². The molecule has 0 bridgehead atoms. The van der Waals surface area contributed by atoms with Crippen molar-refractivity contribution < 1.29 is 4.74 Å². The fraction of sp³-hybridized carbons (Fsp3) is 0.800. The third-order valence-corrected chi connectivity index (χ3v) is 1.86. The summed E-state index contributed by atoms with van der Waals surface area (Å²) < 4.78 is 5.25. The summed E-state index contributed by atoms with van der Waals surface area (Å²) in [5.74, 6) is 2.64. The Labute approximate surface area is 75.7 Å². The van der Waals surface area contributed by atoms with Crippen molar-refractivity contribution >= 4 is 0 Å². The van der Waals surface area contributed by atoms with Gasteiger partial charge in [-0.2, -0.15) is 0 Å². The average Bonchev–Trinajstić information content (AvgIpc) is 2.11. The molecule has 0 saturated carbocycles. The monoisotopic (exact) mass is 169 g/mol. The van der Waals surface area contributed by atoms with Crippen molar-refractivity contribution in [3.8, 4) is 12.3 Å². The number of terminal acetylenes is 1. The van der Waals surface area contributed by atoms with Gasteiger partial charge in [0.25, 0.3) is 0 Å². The van der Waals surface area contributed by atoms with E-state index >= 15 is 0 Å². The van der Waals surface area contributed by atoms with E-state index in [1.807, 2.05) is 14.0 Å². The quantitative estimate of drug-likeness (QED) is 0.459. The van der Waals surface area contributed by atoms with Crippen LogP contribution in [-0.2, 0) is 4.74 Å². The van der Waals surface area contributed by atoms with Crippen LogP contribution in [0.15, 0.2) is 0 Å². The smallest absolute Gasteiger partial charge is 0.0480 e. The first kappa shape index (κ1) is 11.5. The van der Waals surface area contributed by atoms with Crippen molar-refractivity contribution in [1.29, 1.82) is 0 Å². The third-order valence-electron chi connectivity index (χ3n) is 1.86. The van der Waals surface area contributed by atoms with Gasteiger partial charge < -0.3 is 10.1 Å². The van der Waals surface area contributed by atoms with Gasteiger partial charge in [-0.1, -0.05) is 0 Å². The van der Waals surface area contributed by atoms with Crippen LogP contribution in [0.2, 0.25) is 0 Å². The van der Waals surface area contributed by atoms with E-state index in [2.05, 4.69) is 11.2 Å². The standard InChI is InChI=1S/C10H19NO/c1-4-6-7-10(11-3)8-9-12-5-2/h1,10-11H,5-9H2,2-3H3. The fourth-order valence-corrected chi connectivity index (χ4v) is 1.06. The summed E-state index contributed by atoms with van der Waals surface area (Å²) >= 11 is 0. The van der Waals surface area contributed by atoms with Gasteiger partial charge in [0.1, 0.15) is 0 Å². The van der Waals surface area contributed by atoms with Gasteiger partial charge in [-0.25, -0.2) is 0 Å². The molecular weight excluding hydrogens is 150 g/mol. The summed E-state index contributed by atoms with van der Waals surface area (Å²) in [7, 11) is 1.97. The van der Waals surface area contributed by atoms with Crippen molar-refractivity contribution in [3.05, 3.63) is 0 Å². The van der Waals surface area contributed by atoms with E-state index in [1.165, 1.54) is 0 Å². The first-order valence-electron chi connectivity index (χ1n) is 4.53. The van der Waals surface area contributed by atoms with E-state index in [9.17, 15) is 0 Å². The molecule has 0 rings (SSSR count). The molecule has 1 atom stereocenters. The minimum absolute atomic E-state index is 0.507. The topological polar surface area (TPSA) is 21.3 Å². The Morgan fingerprint density at radius 2 is 2.25 bits per heavy atom. The summed E-state index contributed by atoms with van der Waals surface area (Å²) in [6, 6.07) is 0.507. The lowest BCUT2D eigenvalue weighted by atomic mass is 10.1. The molecule has 0 aromatic heterocycles. The molecule has 2 heteroatoms. The second kappa shape index (κ2) is 8.58. The molecule has 2 nitrogen and oxygen atoms in total. The molecular formula is C10H19NO. The van der Waals surface area contributed by atoms with Gasteiger partial charge >= 0.3 is 0 Å². The fourth-order valence-electron chi connectivity index (χ4n) is 1.06. The molecule has 12 heavy (non-hydrogen) atoms. The second-order valence-electron chi connectivity index (χ2n) is 2.71. The van der Waals surface area contributed by atoms with Crippen LogP contribution in [0.4, 0.5) is 0 Å². The molecule has 0 aliphatic carbocycles. The Bertz CT molecular complexity index is 128. The minimum Gasteiger partial charge on any atom is -0.382 e. The Hall–Kier alpha value is -0.520. The summed E-state index contributed by atoms with van der Waals surface area (Å²) in [5, 5.41) is 3.22. The summed E-state index contributed by atoms with van der Waals surface area (Å²) in [6.07, 6.45) is 8.11. The van der Waals surface area contributed by atoms with Crippen LogP contribution in [-0.4, -0.2) is 26.3 Å². The maximum absolute atomic E-state index is 5.25. The van der Waals surface area contributed by atoms with Crippen LogP contribution in [0.5, 0.6) is 0 Å². The van der Waals surface area contributed by atoms with Crippen molar-refractivity contribution in [2.24, 2.45) is 0 Å². The molecule has 70 valence electrons. The maximum Gasteiger partial charge on any atom is 0.0480 e. The van der Waals surface area contributed by atoms with E-state index in [1.54, 1.807) is 0 Å². The van der Waals surface area contributed by atoms with Crippen LogP contribution in [0.1, 0.15) is 26.2 Å². The van der Waals surface area contributed by atoms with E-state index in [-0.39, 0.29) is 0 Å². The van der Waals surface area contributed by atoms with E-state index < -0.39 is 0 Å². The van der Waals surface area contributed by atoms with Crippen molar-refractivity contribution in [2.75, 3.05) is 20.3 Å². The van der Waals surface area contributed by atoms with Crippen LogP contribution in [0.3, 0.4) is 0 Å².